The maximum Gasteiger partial charge on any atom is 0.287 e. The summed E-state index contributed by atoms with van der Waals surface area (Å²) in [5, 5.41) is 15.1. The molecule has 0 aliphatic carbocycles. The fraction of sp³-hybridized carbons (Fsp3) is 0.444. The van der Waals surface area contributed by atoms with E-state index >= 15 is 0 Å². The smallest absolute Gasteiger partial charge is 0.287 e. The van der Waals surface area contributed by atoms with E-state index in [-0.39, 0.29) is 18.1 Å². The van der Waals surface area contributed by atoms with Crippen LogP contribution in [0.5, 0.6) is 0 Å². The van der Waals surface area contributed by atoms with Gasteiger partial charge in [-0.2, -0.15) is 0 Å². The molecule has 0 bridgehead atoms. The SMILES string of the molecule is Cl.O=[N+]([O-])c1ccc(SC2CCNC2)nc1. The molecule has 1 aliphatic rings. The fourth-order valence-electron chi connectivity index (χ4n) is 1.45. The molecule has 1 N–H and O–H groups in total. The molecule has 1 atom stereocenters. The Hall–Kier alpha value is -0.850. The summed E-state index contributed by atoms with van der Waals surface area (Å²) in [4.78, 5) is 14.0. The van der Waals surface area contributed by atoms with Gasteiger partial charge in [0.05, 0.1) is 9.95 Å². The minimum atomic E-state index is -0.432. The van der Waals surface area contributed by atoms with E-state index in [1.54, 1.807) is 17.8 Å². The van der Waals surface area contributed by atoms with Crippen molar-refractivity contribution in [2.75, 3.05) is 13.1 Å². The van der Waals surface area contributed by atoms with Crippen LogP contribution in [0.2, 0.25) is 0 Å². The fourth-order valence-corrected chi connectivity index (χ4v) is 2.49. The molecule has 1 saturated heterocycles. The molecule has 0 saturated carbocycles. The lowest BCUT2D eigenvalue weighted by molar-refractivity contribution is -0.385. The number of hydrogen-bond acceptors (Lipinski definition) is 5. The van der Waals surface area contributed by atoms with E-state index in [0.29, 0.717) is 5.25 Å². The predicted molar refractivity (Wildman–Crippen MR) is 65.3 cm³/mol. The third-order valence-electron chi connectivity index (χ3n) is 2.23. The molecule has 2 rings (SSSR count). The molecule has 0 radical (unpaired) electrons. The predicted octanol–water partition coefficient (Wildman–Crippen LogP) is 1.87. The lowest BCUT2D eigenvalue weighted by atomic mass is 10.4. The van der Waals surface area contributed by atoms with Gasteiger partial charge < -0.3 is 5.32 Å². The van der Waals surface area contributed by atoms with Gasteiger partial charge in [-0.15, -0.1) is 24.2 Å². The highest BCUT2D eigenvalue weighted by Gasteiger charge is 2.16. The largest absolute Gasteiger partial charge is 0.316 e. The molecule has 16 heavy (non-hydrogen) atoms. The summed E-state index contributed by atoms with van der Waals surface area (Å²) in [5.41, 5.74) is 0.0453. The molecule has 0 spiro atoms. The third kappa shape index (κ3) is 3.33. The Balaban J connectivity index is 0.00000128. The maximum atomic E-state index is 10.4. The van der Waals surface area contributed by atoms with Crippen LogP contribution < -0.4 is 5.32 Å². The monoisotopic (exact) mass is 261 g/mol. The number of halogens is 1. The Bertz CT molecular complexity index is 354. The second-order valence-corrected chi connectivity index (χ2v) is 4.67. The molecular formula is C9H12ClN3O2S. The molecule has 1 aromatic rings. The highest BCUT2D eigenvalue weighted by molar-refractivity contribution is 7.99. The summed E-state index contributed by atoms with van der Waals surface area (Å²) < 4.78 is 0. The van der Waals surface area contributed by atoms with E-state index in [1.165, 1.54) is 12.3 Å². The molecule has 1 fully saturated rings. The molecule has 88 valence electrons. The molecule has 1 aromatic heterocycles. The summed E-state index contributed by atoms with van der Waals surface area (Å²) in [6.07, 6.45) is 2.44. The normalized spacial score (nSPS) is 19.1. The van der Waals surface area contributed by atoms with Gasteiger partial charge in [0.2, 0.25) is 0 Å². The van der Waals surface area contributed by atoms with Crippen molar-refractivity contribution in [3.8, 4) is 0 Å². The topological polar surface area (TPSA) is 68.1 Å². The van der Waals surface area contributed by atoms with E-state index in [0.717, 1.165) is 24.5 Å². The second-order valence-electron chi connectivity index (χ2n) is 3.34. The van der Waals surface area contributed by atoms with E-state index in [4.69, 9.17) is 0 Å². The van der Waals surface area contributed by atoms with Crippen LogP contribution in [-0.2, 0) is 0 Å². The van der Waals surface area contributed by atoms with E-state index in [9.17, 15) is 10.1 Å². The summed E-state index contributed by atoms with van der Waals surface area (Å²) in [6.45, 7) is 2.04. The van der Waals surface area contributed by atoms with Crippen molar-refractivity contribution in [1.82, 2.24) is 10.3 Å². The zero-order valence-corrected chi connectivity index (χ0v) is 10.1. The highest BCUT2D eigenvalue weighted by atomic mass is 35.5. The van der Waals surface area contributed by atoms with Crippen molar-refractivity contribution >= 4 is 29.9 Å². The van der Waals surface area contributed by atoms with Gasteiger partial charge in [-0.05, 0) is 19.0 Å². The zero-order valence-electron chi connectivity index (χ0n) is 8.46. The summed E-state index contributed by atoms with van der Waals surface area (Å²) in [7, 11) is 0. The van der Waals surface area contributed by atoms with Crippen molar-refractivity contribution in [3.05, 3.63) is 28.4 Å². The number of rotatable bonds is 3. The lowest BCUT2D eigenvalue weighted by Crippen LogP contribution is -2.10. The number of pyridine rings is 1. The number of nitro groups is 1. The first-order chi connectivity index (χ1) is 7.25. The maximum absolute atomic E-state index is 10.4. The van der Waals surface area contributed by atoms with Crippen LogP contribution in [0.25, 0.3) is 0 Å². The van der Waals surface area contributed by atoms with Gasteiger partial charge >= 0.3 is 0 Å². The van der Waals surface area contributed by atoms with Crippen LogP contribution in [-0.4, -0.2) is 28.2 Å². The Labute approximate surface area is 104 Å². The lowest BCUT2D eigenvalue weighted by Gasteiger charge is -2.05. The zero-order chi connectivity index (χ0) is 10.7. The van der Waals surface area contributed by atoms with Crippen LogP contribution in [0.4, 0.5) is 5.69 Å². The quantitative estimate of drug-likeness (QED) is 0.665. The molecule has 5 nitrogen and oxygen atoms in total. The average molecular weight is 262 g/mol. The van der Waals surface area contributed by atoms with Crippen molar-refractivity contribution in [1.29, 1.82) is 0 Å². The average Bonchev–Trinajstić information content (AvgIpc) is 2.71. The standard InChI is InChI=1S/C9H11N3O2S.ClH/c13-12(14)7-1-2-9(11-5-7)15-8-3-4-10-6-8;/h1-2,5,8,10H,3-4,6H2;1H. The van der Waals surface area contributed by atoms with Crippen LogP contribution in [0, 0.1) is 10.1 Å². The molecule has 0 aromatic carbocycles. The molecular weight excluding hydrogens is 250 g/mol. The second kappa shape index (κ2) is 6.03. The Morgan fingerprint density at radius 1 is 1.56 bits per heavy atom. The number of thioether (sulfide) groups is 1. The molecule has 1 unspecified atom stereocenters. The summed E-state index contributed by atoms with van der Waals surface area (Å²) in [5.74, 6) is 0. The van der Waals surface area contributed by atoms with Crippen molar-refractivity contribution in [3.63, 3.8) is 0 Å². The van der Waals surface area contributed by atoms with Crippen molar-refractivity contribution in [2.45, 2.75) is 16.7 Å². The van der Waals surface area contributed by atoms with Crippen LogP contribution in [0.15, 0.2) is 23.4 Å². The van der Waals surface area contributed by atoms with E-state index in [1.807, 2.05) is 0 Å². The molecule has 2 heterocycles. The van der Waals surface area contributed by atoms with E-state index < -0.39 is 4.92 Å². The number of nitrogens with one attached hydrogen (secondary N) is 1. The van der Waals surface area contributed by atoms with Crippen LogP contribution >= 0.6 is 24.2 Å². The van der Waals surface area contributed by atoms with Gasteiger partial charge in [-0.1, -0.05) is 0 Å². The molecule has 1 aliphatic heterocycles. The Morgan fingerprint density at radius 3 is 2.88 bits per heavy atom. The minimum absolute atomic E-state index is 0. The summed E-state index contributed by atoms with van der Waals surface area (Å²) >= 11 is 1.68. The van der Waals surface area contributed by atoms with Crippen molar-refractivity contribution in [2.24, 2.45) is 0 Å². The first-order valence-corrected chi connectivity index (χ1v) is 5.61. The number of nitrogens with zero attached hydrogens (tertiary/aromatic N) is 2. The number of aromatic nitrogens is 1. The highest BCUT2D eigenvalue weighted by Crippen LogP contribution is 2.26. The minimum Gasteiger partial charge on any atom is -0.316 e. The van der Waals surface area contributed by atoms with Gasteiger partial charge in [-0.3, -0.25) is 10.1 Å². The van der Waals surface area contributed by atoms with Gasteiger partial charge in [0.1, 0.15) is 6.20 Å². The summed E-state index contributed by atoms with van der Waals surface area (Å²) in [6, 6.07) is 3.21. The Morgan fingerprint density at radius 2 is 2.38 bits per heavy atom. The van der Waals surface area contributed by atoms with E-state index in [2.05, 4.69) is 10.3 Å². The van der Waals surface area contributed by atoms with Crippen LogP contribution in [0.3, 0.4) is 0 Å². The van der Waals surface area contributed by atoms with Gasteiger partial charge in [0.25, 0.3) is 5.69 Å². The van der Waals surface area contributed by atoms with Gasteiger partial charge in [0.15, 0.2) is 0 Å². The number of hydrogen-bond donors (Lipinski definition) is 1. The third-order valence-corrected chi connectivity index (χ3v) is 3.45. The molecule has 7 heteroatoms. The Kier molecular flexibility index (Phi) is 4.98. The van der Waals surface area contributed by atoms with Gasteiger partial charge in [-0.25, -0.2) is 4.98 Å². The molecule has 0 amide bonds. The first kappa shape index (κ1) is 13.2. The van der Waals surface area contributed by atoms with Gasteiger partial charge in [0, 0.05) is 17.9 Å². The van der Waals surface area contributed by atoms with Crippen LogP contribution in [0.1, 0.15) is 6.42 Å². The first-order valence-electron chi connectivity index (χ1n) is 4.73. The van der Waals surface area contributed by atoms with Crippen molar-refractivity contribution < 1.29 is 4.92 Å².